The van der Waals surface area contributed by atoms with Crippen molar-refractivity contribution in [1.29, 1.82) is 0 Å². The van der Waals surface area contributed by atoms with Gasteiger partial charge in [-0.15, -0.1) is 0 Å². The van der Waals surface area contributed by atoms with E-state index in [1.54, 1.807) is 6.07 Å². The minimum atomic E-state index is -1.56. The molecular weight excluding hydrogens is 231 g/mol. The van der Waals surface area contributed by atoms with Crippen LogP contribution in [0.15, 0.2) is 28.7 Å². The van der Waals surface area contributed by atoms with E-state index in [-0.39, 0.29) is 5.66 Å². The quantitative estimate of drug-likeness (QED) is 0.773. The van der Waals surface area contributed by atoms with E-state index in [4.69, 9.17) is 19.2 Å². The standard InChI is InChI=1S/C13H15BO4/c15-14(16)13-6-11-5-10(3-4-12(11)18-13)8-17-7-9-1-2-9/h3-6,9,15-16H,1-2,7-8H2. The van der Waals surface area contributed by atoms with Crippen molar-refractivity contribution < 1.29 is 19.2 Å². The molecule has 1 aliphatic carbocycles. The molecule has 0 saturated heterocycles. The van der Waals surface area contributed by atoms with Crippen molar-refractivity contribution in [1.82, 2.24) is 0 Å². The molecule has 0 atom stereocenters. The molecule has 1 fully saturated rings. The number of hydrogen-bond donors (Lipinski definition) is 2. The normalized spacial score (nSPS) is 15.2. The van der Waals surface area contributed by atoms with E-state index in [1.165, 1.54) is 12.8 Å². The van der Waals surface area contributed by atoms with Gasteiger partial charge in [0.05, 0.1) is 6.61 Å². The van der Waals surface area contributed by atoms with E-state index >= 15 is 0 Å². The van der Waals surface area contributed by atoms with Crippen LogP contribution in [0.2, 0.25) is 0 Å². The SMILES string of the molecule is OB(O)c1cc2cc(COCC3CC3)ccc2o1. The molecule has 0 spiro atoms. The minimum absolute atomic E-state index is 0.168. The third-order valence-electron chi connectivity index (χ3n) is 3.17. The van der Waals surface area contributed by atoms with E-state index in [0.717, 1.165) is 23.5 Å². The van der Waals surface area contributed by atoms with Gasteiger partial charge >= 0.3 is 7.12 Å². The van der Waals surface area contributed by atoms with E-state index in [0.29, 0.717) is 12.2 Å². The molecule has 0 bridgehead atoms. The predicted octanol–water partition coefficient (Wildman–Crippen LogP) is 1.04. The van der Waals surface area contributed by atoms with Crippen molar-refractivity contribution >= 4 is 23.7 Å². The maximum atomic E-state index is 9.04. The maximum Gasteiger partial charge on any atom is 0.526 e. The molecule has 1 heterocycles. The molecule has 0 amide bonds. The minimum Gasteiger partial charge on any atom is -0.465 e. The van der Waals surface area contributed by atoms with Crippen molar-refractivity contribution in [3.05, 3.63) is 29.8 Å². The Balaban J connectivity index is 1.72. The molecule has 4 nitrogen and oxygen atoms in total. The number of hydrogen-bond acceptors (Lipinski definition) is 4. The Hall–Kier alpha value is -1.30. The van der Waals surface area contributed by atoms with Crippen LogP contribution >= 0.6 is 0 Å². The first kappa shape index (κ1) is 11.8. The molecule has 0 aliphatic heterocycles. The highest BCUT2D eigenvalue weighted by Crippen LogP contribution is 2.29. The lowest BCUT2D eigenvalue weighted by atomic mass is 9.88. The van der Waals surface area contributed by atoms with E-state index in [1.807, 2.05) is 18.2 Å². The highest BCUT2D eigenvalue weighted by Gasteiger charge is 2.21. The number of fused-ring (bicyclic) bond motifs is 1. The Kier molecular flexibility index (Phi) is 3.12. The average molecular weight is 246 g/mol. The van der Waals surface area contributed by atoms with E-state index < -0.39 is 7.12 Å². The lowest BCUT2D eigenvalue weighted by molar-refractivity contribution is 0.111. The highest BCUT2D eigenvalue weighted by atomic mass is 16.5. The first-order chi connectivity index (χ1) is 8.72. The lowest BCUT2D eigenvalue weighted by Crippen LogP contribution is -2.27. The van der Waals surface area contributed by atoms with Crippen LogP contribution in [0.4, 0.5) is 0 Å². The van der Waals surface area contributed by atoms with Gasteiger partial charge in [0.2, 0.25) is 0 Å². The first-order valence-corrected chi connectivity index (χ1v) is 6.18. The third-order valence-corrected chi connectivity index (χ3v) is 3.17. The molecule has 1 aromatic carbocycles. The Labute approximate surface area is 105 Å². The fourth-order valence-electron chi connectivity index (χ4n) is 1.96. The number of furan rings is 1. The summed E-state index contributed by atoms with van der Waals surface area (Å²) in [5, 5.41) is 18.9. The Morgan fingerprint density at radius 1 is 1.28 bits per heavy atom. The van der Waals surface area contributed by atoms with Gasteiger partial charge in [0.15, 0.2) is 0 Å². The Bertz CT molecular complexity index is 545. The zero-order chi connectivity index (χ0) is 12.5. The van der Waals surface area contributed by atoms with Crippen LogP contribution in [-0.4, -0.2) is 23.8 Å². The van der Waals surface area contributed by atoms with Gasteiger partial charge in [-0.05, 0) is 42.5 Å². The molecule has 3 rings (SSSR count). The zero-order valence-corrected chi connectivity index (χ0v) is 10.0. The molecule has 2 N–H and O–H groups in total. The van der Waals surface area contributed by atoms with Crippen molar-refractivity contribution in [3.8, 4) is 0 Å². The summed E-state index contributed by atoms with van der Waals surface area (Å²) in [5.41, 5.74) is 1.90. The van der Waals surface area contributed by atoms with Crippen molar-refractivity contribution in [3.63, 3.8) is 0 Å². The molecule has 1 aromatic heterocycles. The molecule has 1 aliphatic rings. The zero-order valence-electron chi connectivity index (χ0n) is 10.0. The van der Waals surface area contributed by atoms with E-state index in [9.17, 15) is 0 Å². The summed E-state index contributed by atoms with van der Waals surface area (Å²) in [6, 6.07) is 7.37. The predicted molar refractivity (Wildman–Crippen MR) is 68.4 cm³/mol. The van der Waals surface area contributed by atoms with E-state index in [2.05, 4.69) is 0 Å². The topological polar surface area (TPSA) is 62.8 Å². The van der Waals surface area contributed by atoms with Crippen LogP contribution in [0.3, 0.4) is 0 Å². The monoisotopic (exact) mass is 246 g/mol. The first-order valence-electron chi connectivity index (χ1n) is 6.18. The van der Waals surface area contributed by atoms with Gasteiger partial charge in [0.1, 0.15) is 11.2 Å². The number of benzene rings is 1. The molecule has 0 radical (unpaired) electrons. The highest BCUT2D eigenvalue weighted by molar-refractivity contribution is 6.57. The second-order valence-electron chi connectivity index (χ2n) is 4.85. The smallest absolute Gasteiger partial charge is 0.465 e. The summed E-state index contributed by atoms with van der Waals surface area (Å²) < 4.78 is 10.9. The molecule has 2 aromatic rings. The largest absolute Gasteiger partial charge is 0.526 e. The van der Waals surface area contributed by atoms with Gasteiger partial charge < -0.3 is 19.2 Å². The van der Waals surface area contributed by atoms with Gasteiger partial charge in [-0.25, -0.2) is 0 Å². The summed E-state index contributed by atoms with van der Waals surface area (Å²) in [7, 11) is -1.56. The summed E-state index contributed by atoms with van der Waals surface area (Å²) in [4.78, 5) is 0. The molecule has 1 saturated carbocycles. The maximum absolute atomic E-state index is 9.04. The molecule has 0 unspecified atom stereocenters. The molecular formula is C13H15BO4. The van der Waals surface area contributed by atoms with Crippen LogP contribution in [0, 0.1) is 5.92 Å². The second-order valence-corrected chi connectivity index (χ2v) is 4.85. The summed E-state index contributed by atoms with van der Waals surface area (Å²) in [6.07, 6.45) is 2.58. The van der Waals surface area contributed by atoms with Crippen molar-refractivity contribution in [2.75, 3.05) is 6.61 Å². The van der Waals surface area contributed by atoms with Gasteiger partial charge in [-0.3, -0.25) is 0 Å². The molecule has 94 valence electrons. The lowest BCUT2D eigenvalue weighted by Gasteiger charge is -2.02. The molecule has 5 heteroatoms. The second kappa shape index (κ2) is 4.76. The van der Waals surface area contributed by atoms with Crippen LogP contribution in [0.25, 0.3) is 11.0 Å². The number of rotatable bonds is 5. The summed E-state index contributed by atoms with van der Waals surface area (Å²) in [5.74, 6) is 0.763. The fraction of sp³-hybridized carbons (Fsp3) is 0.385. The Morgan fingerprint density at radius 2 is 2.11 bits per heavy atom. The van der Waals surface area contributed by atoms with Crippen LogP contribution in [-0.2, 0) is 11.3 Å². The van der Waals surface area contributed by atoms with Gasteiger partial charge in [-0.2, -0.15) is 0 Å². The molecule has 18 heavy (non-hydrogen) atoms. The van der Waals surface area contributed by atoms with Crippen LogP contribution in [0.5, 0.6) is 0 Å². The third kappa shape index (κ3) is 2.58. The number of ether oxygens (including phenoxy) is 1. The van der Waals surface area contributed by atoms with Crippen LogP contribution in [0.1, 0.15) is 18.4 Å². The van der Waals surface area contributed by atoms with Crippen LogP contribution < -0.4 is 5.66 Å². The summed E-state index contributed by atoms with van der Waals surface area (Å²) in [6.45, 7) is 1.43. The van der Waals surface area contributed by atoms with Gasteiger partial charge in [0, 0.05) is 12.0 Å². The van der Waals surface area contributed by atoms with Crippen molar-refractivity contribution in [2.45, 2.75) is 19.4 Å². The fourth-order valence-corrected chi connectivity index (χ4v) is 1.96. The Morgan fingerprint density at radius 3 is 2.83 bits per heavy atom. The van der Waals surface area contributed by atoms with Gasteiger partial charge in [0.25, 0.3) is 0 Å². The summed E-state index contributed by atoms with van der Waals surface area (Å²) >= 11 is 0. The van der Waals surface area contributed by atoms with Gasteiger partial charge in [-0.1, -0.05) is 6.07 Å². The average Bonchev–Trinajstić information content (AvgIpc) is 3.06. The van der Waals surface area contributed by atoms with Crippen molar-refractivity contribution in [2.24, 2.45) is 5.92 Å².